The number of benzene rings is 2. The summed E-state index contributed by atoms with van der Waals surface area (Å²) in [5.74, 6) is -1.38. The third-order valence-corrected chi connectivity index (χ3v) is 11.1. The van der Waals surface area contributed by atoms with Crippen molar-refractivity contribution in [2.45, 2.75) is 60.1 Å². The van der Waals surface area contributed by atoms with Crippen LogP contribution in [-0.2, 0) is 14.4 Å². The van der Waals surface area contributed by atoms with Crippen LogP contribution in [0.4, 0.5) is 5.69 Å². The summed E-state index contributed by atoms with van der Waals surface area (Å²) in [5.41, 5.74) is 1.36. The second-order valence-corrected chi connectivity index (χ2v) is 13.3. The molecule has 3 unspecified atom stereocenters. The molecule has 8 nitrogen and oxygen atoms in total. The van der Waals surface area contributed by atoms with Gasteiger partial charge < -0.3 is 25.4 Å². The van der Waals surface area contributed by atoms with Crippen LogP contribution < -0.4 is 15.4 Å². The molecule has 0 radical (unpaired) electrons. The second kappa shape index (κ2) is 11.1. The summed E-state index contributed by atoms with van der Waals surface area (Å²) >= 11 is 5.36. The fourth-order valence-corrected chi connectivity index (χ4v) is 10.0. The van der Waals surface area contributed by atoms with Gasteiger partial charge in [0.2, 0.25) is 17.7 Å². The lowest BCUT2D eigenvalue weighted by Gasteiger charge is -2.37. The number of aliphatic hydroxyl groups excluding tert-OH is 1. The van der Waals surface area contributed by atoms with Gasteiger partial charge in [-0.25, -0.2) is 0 Å². The first-order chi connectivity index (χ1) is 18.7. The molecule has 3 heterocycles. The number of carbonyl (C=O) groups is 3. The third kappa shape index (κ3) is 4.85. The Balaban J connectivity index is 1.52. The van der Waals surface area contributed by atoms with Crippen LogP contribution in [0.5, 0.6) is 5.75 Å². The number of fused-ring (bicyclic) bond motifs is 1. The smallest absolute Gasteiger partial charge is 0.244 e. The lowest BCUT2D eigenvalue weighted by atomic mass is 9.70. The molecule has 3 amide bonds. The molecule has 39 heavy (non-hydrogen) atoms. The molecule has 3 aliphatic heterocycles. The average molecular weight is 617 g/mol. The maximum atomic E-state index is 14.3. The largest absolute Gasteiger partial charge is 0.494 e. The zero-order valence-corrected chi connectivity index (χ0v) is 24.6. The molecule has 3 N–H and O–H groups in total. The van der Waals surface area contributed by atoms with Gasteiger partial charge in [-0.3, -0.25) is 14.4 Å². The van der Waals surface area contributed by atoms with Crippen LogP contribution in [0, 0.1) is 11.8 Å². The third-order valence-electron chi connectivity index (χ3n) is 7.84. The first kappa shape index (κ1) is 28.0. The van der Waals surface area contributed by atoms with E-state index < -0.39 is 28.7 Å². The monoisotopic (exact) mass is 615 g/mol. The molecule has 0 aliphatic carbocycles. The summed E-state index contributed by atoms with van der Waals surface area (Å²) in [6.45, 7) is 5.89. The minimum Gasteiger partial charge on any atom is -0.494 e. The van der Waals surface area contributed by atoms with E-state index in [1.54, 1.807) is 40.9 Å². The first-order valence-electron chi connectivity index (χ1n) is 13.4. The molecule has 5 rings (SSSR count). The standard InChI is InChI=1S/C29H34BrN3O5S/c1-4-38-19-12-10-18(11-13-19)32-26(35)22-23-28(37)33(21(15-34)17-8-6-5-7-9-17)25(27(36)31-16(2)3)29(23)14-20(30)24(22)39-29/h5-13,16,20-25,34H,4,14-15H2,1-3H3,(H,31,36)(H,32,35)/t20?,21-,22-,23+,24-,25?,29?/m1/s1. The van der Waals surface area contributed by atoms with E-state index >= 15 is 0 Å². The van der Waals surface area contributed by atoms with Crippen LogP contribution in [0.3, 0.4) is 0 Å². The number of anilines is 1. The summed E-state index contributed by atoms with van der Waals surface area (Å²) in [6, 6.07) is 14.8. The molecule has 0 aromatic heterocycles. The number of nitrogens with zero attached hydrogens (tertiary/aromatic N) is 1. The topological polar surface area (TPSA) is 108 Å². The van der Waals surface area contributed by atoms with Crippen molar-refractivity contribution in [3.63, 3.8) is 0 Å². The number of likely N-dealkylation sites (tertiary alicyclic amines) is 1. The van der Waals surface area contributed by atoms with E-state index in [0.29, 0.717) is 24.5 Å². The number of rotatable bonds is 9. The van der Waals surface area contributed by atoms with E-state index in [2.05, 4.69) is 26.6 Å². The minimum absolute atomic E-state index is 0.0405. The summed E-state index contributed by atoms with van der Waals surface area (Å²) < 4.78 is 4.71. The van der Waals surface area contributed by atoms with E-state index in [9.17, 15) is 19.5 Å². The van der Waals surface area contributed by atoms with Crippen LogP contribution in [0.1, 0.15) is 38.8 Å². The summed E-state index contributed by atoms with van der Waals surface area (Å²) in [5, 5.41) is 16.4. The number of hydrogen-bond donors (Lipinski definition) is 3. The van der Waals surface area contributed by atoms with Crippen molar-refractivity contribution < 1.29 is 24.2 Å². The highest BCUT2D eigenvalue weighted by Crippen LogP contribution is 2.68. The number of thioether (sulfide) groups is 1. The zero-order valence-electron chi connectivity index (χ0n) is 22.2. The van der Waals surface area contributed by atoms with Crippen LogP contribution in [0.15, 0.2) is 54.6 Å². The van der Waals surface area contributed by atoms with E-state index in [1.165, 1.54) is 0 Å². The van der Waals surface area contributed by atoms with Crippen molar-refractivity contribution in [1.29, 1.82) is 0 Å². The lowest BCUT2D eigenvalue weighted by Crippen LogP contribution is -2.56. The van der Waals surface area contributed by atoms with Crippen LogP contribution in [-0.4, -0.2) is 67.8 Å². The SMILES string of the molecule is CCOc1ccc(NC(=O)[C@H]2[C@@H]3SC4(CC3Br)C(C(=O)NC(C)C)N([C@H](CO)c3ccccc3)C(=O)[C@H]24)cc1. The molecule has 1 spiro atoms. The molecule has 3 saturated heterocycles. The molecule has 2 aromatic carbocycles. The molecular formula is C29H34BrN3O5S. The van der Waals surface area contributed by atoms with Crippen molar-refractivity contribution in [1.82, 2.24) is 10.2 Å². The minimum atomic E-state index is -0.826. The molecule has 208 valence electrons. The van der Waals surface area contributed by atoms with Gasteiger partial charge in [0.25, 0.3) is 0 Å². The number of hydrogen-bond acceptors (Lipinski definition) is 6. The Hall–Kier alpha value is -2.56. The number of halogens is 1. The normalized spacial score (nSPS) is 29.8. The summed E-state index contributed by atoms with van der Waals surface area (Å²) in [6.07, 6.45) is 0.575. The average Bonchev–Trinajstić information content (AvgIpc) is 3.50. The molecule has 2 bridgehead atoms. The van der Waals surface area contributed by atoms with E-state index in [1.807, 2.05) is 51.1 Å². The molecule has 2 aromatic rings. The molecule has 3 fully saturated rings. The fourth-order valence-electron chi connectivity index (χ4n) is 6.42. The quantitative estimate of drug-likeness (QED) is 0.371. The predicted octanol–water partition coefficient (Wildman–Crippen LogP) is 3.75. The van der Waals surface area contributed by atoms with Gasteiger partial charge in [0.1, 0.15) is 11.8 Å². The highest BCUT2D eigenvalue weighted by molar-refractivity contribution is 9.09. The Morgan fingerprint density at radius 3 is 2.46 bits per heavy atom. The Bertz CT molecular complexity index is 1230. The predicted molar refractivity (Wildman–Crippen MR) is 155 cm³/mol. The number of amides is 3. The van der Waals surface area contributed by atoms with Crippen molar-refractivity contribution in [3.05, 3.63) is 60.2 Å². The van der Waals surface area contributed by atoms with Gasteiger partial charge in [-0.05, 0) is 57.0 Å². The van der Waals surface area contributed by atoms with Crippen molar-refractivity contribution in [2.75, 3.05) is 18.5 Å². The maximum absolute atomic E-state index is 14.3. The molecule has 0 saturated carbocycles. The second-order valence-electron chi connectivity index (χ2n) is 10.6. The van der Waals surface area contributed by atoms with E-state index in [4.69, 9.17) is 4.74 Å². The van der Waals surface area contributed by atoms with Gasteiger partial charge in [-0.15, -0.1) is 11.8 Å². The molecule has 10 heteroatoms. The maximum Gasteiger partial charge on any atom is 0.244 e. The number of alkyl halides is 1. The van der Waals surface area contributed by atoms with Crippen molar-refractivity contribution >= 4 is 51.1 Å². The summed E-state index contributed by atoms with van der Waals surface area (Å²) in [4.78, 5) is 43.5. The zero-order chi connectivity index (χ0) is 27.9. The highest BCUT2D eigenvalue weighted by atomic mass is 79.9. The van der Waals surface area contributed by atoms with Gasteiger partial charge in [-0.1, -0.05) is 46.3 Å². The number of nitrogens with one attached hydrogen (secondary N) is 2. The van der Waals surface area contributed by atoms with E-state index in [-0.39, 0.29) is 40.4 Å². The summed E-state index contributed by atoms with van der Waals surface area (Å²) in [7, 11) is 0. The van der Waals surface area contributed by atoms with E-state index in [0.717, 1.165) is 5.56 Å². The van der Waals surface area contributed by atoms with Crippen molar-refractivity contribution in [2.24, 2.45) is 11.8 Å². The van der Waals surface area contributed by atoms with Gasteiger partial charge >= 0.3 is 0 Å². The fraction of sp³-hybridized carbons (Fsp3) is 0.483. The van der Waals surface area contributed by atoms with Crippen LogP contribution >= 0.6 is 27.7 Å². The Morgan fingerprint density at radius 1 is 1.15 bits per heavy atom. The first-order valence-corrected chi connectivity index (χ1v) is 15.1. The highest BCUT2D eigenvalue weighted by Gasteiger charge is 2.76. The molecule has 3 aliphatic rings. The molecular weight excluding hydrogens is 582 g/mol. The van der Waals surface area contributed by atoms with Gasteiger partial charge in [0, 0.05) is 21.8 Å². The Labute approximate surface area is 241 Å². The van der Waals surface area contributed by atoms with Gasteiger partial charge in [0.05, 0.1) is 35.8 Å². The molecule has 7 atom stereocenters. The van der Waals surface area contributed by atoms with Gasteiger partial charge in [-0.2, -0.15) is 0 Å². The Morgan fingerprint density at radius 2 is 1.85 bits per heavy atom. The van der Waals surface area contributed by atoms with Crippen LogP contribution in [0.25, 0.3) is 0 Å². The van der Waals surface area contributed by atoms with Gasteiger partial charge in [0.15, 0.2) is 0 Å². The number of carbonyl (C=O) groups excluding carboxylic acids is 3. The Kier molecular flexibility index (Phi) is 7.99. The van der Waals surface area contributed by atoms with Crippen molar-refractivity contribution in [3.8, 4) is 5.75 Å². The lowest BCUT2D eigenvalue weighted by molar-refractivity contribution is -0.142. The number of ether oxygens (including phenoxy) is 1. The van der Waals surface area contributed by atoms with Crippen LogP contribution in [0.2, 0.25) is 0 Å². The number of aliphatic hydroxyl groups is 1.